The average molecular weight is 120 g/mol. The Bertz CT molecular complexity index is 157. The van der Waals surface area contributed by atoms with Crippen LogP contribution < -0.4 is 0 Å². The molecule has 0 aromatic carbocycles. The summed E-state index contributed by atoms with van der Waals surface area (Å²) in [6.45, 7) is 1.75. The second-order valence-electron chi connectivity index (χ2n) is 1.97. The molecule has 7 heavy (non-hydrogen) atoms. The lowest BCUT2D eigenvalue weighted by Gasteiger charge is -2.20. The van der Waals surface area contributed by atoms with Crippen molar-refractivity contribution in [3.8, 4) is 0 Å². The minimum atomic E-state index is -2.56. The van der Waals surface area contributed by atoms with Crippen LogP contribution in [0.5, 0.6) is 0 Å². The van der Waals surface area contributed by atoms with Crippen molar-refractivity contribution in [2.24, 2.45) is 0 Å². The van der Waals surface area contributed by atoms with Gasteiger partial charge >= 0.3 is 0 Å². The van der Waals surface area contributed by atoms with Crippen molar-refractivity contribution in [3.63, 3.8) is 0 Å². The van der Waals surface area contributed by atoms with Crippen LogP contribution in [0.3, 0.4) is 0 Å². The largest absolute Gasteiger partial charge is 0.229 e. The lowest BCUT2D eigenvalue weighted by molar-refractivity contribution is 0.556. The molecule has 3 heteroatoms. The van der Waals surface area contributed by atoms with Crippen LogP contribution in [-0.2, 0) is 9.84 Å². The molecule has 1 rings (SSSR count). The maximum absolute atomic E-state index is 10.4. The Labute approximate surface area is 43.5 Å². The third-order valence-electron chi connectivity index (χ3n) is 1.42. The van der Waals surface area contributed by atoms with Gasteiger partial charge in [0.1, 0.15) is 0 Å². The molecule has 0 aromatic rings. The first-order valence-electron chi connectivity index (χ1n) is 2.34. The minimum absolute atomic E-state index is 0.0486. The van der Waals surface area contributed by atoms with Gasteiger partial charge in [-0.05, 0) is 13.3 Å². The lowest BCUT2D eigenvalue weighted by Crippen LogP contribution is -2.33. The molecule has 1 saturated heterocycles. The van der Waals surface area contributed by atoms with Gasteiger partial charge in [0, 0.05) is 0 Å². The van der Waals surface area contributed by atoms with Crippen molar-refractivity contribution in [1.82, 2.24) is 0 Å². The molecule has 1 unspecified atom stereocenters. The van der Waals surface area contributed by atoms with Crippen LogP contribution in [-0.4, -0.2) is 19.4 Å². The monoisotopic (exact) mass is 120 g/mol. The summed E-state index contributed by atoms with van der Waals surface area (Å²) in [6, 6.07) is 0. The molecule has 1 aliphatic heterocycles. The normalized spacial score (nSPS) is 37.0. The predicted octanol–water partition coefficient (Wildman–Crippen LogP) is 0.193. The van der Waals surface area contributed by atoms with E-state index in [-0.39, 0.29) is 5.25 Å². The van der Waals surface area contributed by atoms with Gasteiger partial charge in [-0.1, -0.05) is 0 Å². The molecule has 1 heterocycles. The van der Waals surface area contributed by atoms with E-state index in [2.05, 4.69) is 0 Å². The van der Waals surface area contributed by atoms with Crippen molar-refractivity contribution < 1.29 is 8.42 Å². The van der Waals surface area contributed by atoms with Gasteiger partial charge in [-0.25, -0.2) is 8.42 Å². The third kappa shape index (κ3) is 0.650. The van der Waals surface area contributed by atoms with Crippen molar-refractivity contribution in [3.05, 3.63) is 0 Å². The Balaban J connectivity index is 2.79. The summed E-state index contributed by atoms with van der Waals surface area (Å²) in [4.78, 5) is 0. The van der Waals surface area contributed by atoms with E-state index in [9.17, 15) is 8.42 Å². The zero-order chi connectivity index (χ0) is 5.49. The fraction of sp³-hybridized carbons (Fsp3) is 1.00. The summed E-state index contributed by atoms with van der Waals surface area (Å²) in [5, 5.41) is -0.0486. The van der Waals surface area contributed by atoms with E-state index < -0.39 is 9.84 Å². The average Bonchev–Trinajstić information content (AvgIpc) is 1.63. The van der Waals surface area contributed by atoms with Gasteiger partial charge in [-0.2, -0.15) is 0 Å². The summed E-state index contributed by atoms with van der Waals surface area (Å²) in [5.41, 5.74) is 0. The first-order chi connectivity index (χ1) is 3.13. The molecule has 0 radical (unpaired) electrons. The number of sulfone groups is 1. The topological polar surface area (TPSA) is 34.1 Å². The molecule has 0 aliphatic carbocycles. The quantitative estimate of drug-likeness (QED) is 0.457. The Morgan fingerprint density at radius 2 is 2.00 bits per heavy atom. The fourth-order valence-electron chi connectivity index (χ4n) is 0.546. The first-order valence-corrected chi connectivity index (χ1v) is 4.06. The molecule has 1 fully saturated rings. The zero-order valence-electron chi connectivity index (χ0n) is 4.22. The molecule has 0 amide bonds. The lowest BCUT2D eigenvalue weighted by atomic mass is 10.3. The van der Waals surface area contributed by atoms with Crippen LogP contribution in [0.4, 0.5) is 0 Å². The van der Waals surface area contributed by atoms with Crippen LogP contribution in [0.2, 0.25) is 0 Å². The Morgan fingerprint density at radius 1 is 1.57 bits per heavy atom. The van der Waals surface area contributed by atoms with Crippen molar-refractivity contribution in [2.75, 3.05) is 5.75 Å². The minimum Gasteiger partial charge on any atom is -0.229 e. The van der Waals surface area contributed by atoms with Crippen molar-refractivity contribution >= 4 is 9.84 Å². The third-order valence-corrected chi connectivity index (χ3v) is 3.69. The molecular formula is C4H8O2S. The van der Waals surface area contributed by atoms with Crippen LogP contribution in [0.15, 0.2) is 0 Å². The van der Waals surface area contributed by atoms with Gasteiger partial charge < -0.3 is 0 Å². The van der Waals surface area contributed by atoms with E-state index in [1.165, 1.54) is 0 Å². The van der Waals surface area contributed by atoms with Crippen LogP contribution in [0.1, 0.15) is 13.3 Å². The zero-order valence-corrected chi connectivity index (χ0v) is 5.03. The summed E-state index contributed by atoms with van der Waals surface area (Å²) in [6.07, 6.45) is 0.863. The van der Waals surface area contributed by atoms with Gasteiger partial charge in [-0.15, -0.1) is 0 Å². The van der Waals surface area contributed by atoms with Crippen LogP contribution in [0, 0.1) is 0 Å². The van der Waals surface area contributed by atoms with Crippen molar-refractivity contribution in [1.29, 1.82) is 0 Å². The van der Waals surface area contributed by atoms with E-state index in [1.807, 2.05) is 0 Å². The standard InChI is InChI=1S/C4H8O2S/c1-4-2-3-7(4,5)6/h4H,2-3H2,1H3. The molecule has 0 N–H and O–H groups in total. The molecule has 0 saturated carbocycles. The molecule has 1 aliphatic rings. The maximum Gasteiger partial charge on any atom is 0.152 e. The Hall–Kier alpha value is -0.0500. The van der Waals surface area contributed by atoms with Gasteiger partial charge in [0.2, 0.25) is 0 Å². The van der Waals surface area contributed by atoms with Crippen molar-refractivity contribution in [2.45, 2.75) is 18.6 Å². The first kappa shape index (κ1) is 5.09. The summed E-state index contributed by atoms with van der Waals surface area (Å²) >= 11 is 0. The van der Waals surface area contributed by atoms with E-state index in [4.69, 9.17) is 0 Å². The van der Waals surface area contributed by atoms with Gasteiger partial charge in [-0.3, -0.25) is 0 Å². The summed E-state index contributed by atoms with van der Waals surface area (Å²) in [5.74, 6) is 0.411. The number of hydrogen-bond acceptors (Lipinski definition) is 2. The molecule has 1 atom stereocenters. The summed E-state index contributed by atoms with van der Waals surface area (Å²) in [7, 11) is -2.56. The molecular weight excluding hydrogens is 112 g/mol. The summed E-state index contributed by atoms with van der Waals surface area (Å²) < 4.78 is 20.8. The molecule has 42 valence electrons. The second kappa shape index (κ2) is 1.22. The Kier molecular flexibility index (Phi) is 0.885. The molecule has 0 aromatic heterocycles. The van der Waals surface area contributed by atoms with Crippen LogP contribution >= 0.6 is 0 Å². The molecule has 2 nitrogen and oxygen atoms in total. The highest BCUT2D eigenvalue weighted by Gasteiger charge is 2.30. The van der Waals surface area contributed by atoms with E-state index in [0.717, 1.165) is 6.42 Å². The Morgan fingerprint density at radius 3 is 2.00 bits per heavy atom. The highest BCUT2D eigenvalue weighted by atomic mass is 32.2. The predicted molar refractivity (Wildman–Crippen MR) is 27.9 cm³/mol. The van der Waals surface area contributed by atoms with Gasteiger partial charge in [0.25, 0.3) is 0 Å². The SMILES string of the molecule is CC1CCS1(=O)=O. The molecule has 0 spiro atoms. The van der Waals surface area contributed by atoms with E-state index >= 15 is 0 Å². The number of rotatable bonds is 0. The van der Waals surface area contributed by atoms with Gasteiger partial charge in [0.05, 0.1) is 11.0 Å². The smallest absolute Gasteiger partial charge is 0.152 e. The van der Waals surface area contributed by atoms with Gasteiger partial charge in [0.15, 0.2) is 9.84 Å². The fourth-order valence-corrected chi connectivity index (χ4v) is 1.64. The number of hydrogen-bond donors (Lipinski definition) is 0. The molecule has 0 bridgehead atoms. The van der Waals surface area contributed by atoms with Crippen LogP contribution in [0.25, 0.3) is 0 Å². The maximum atomic E-state index is 10.4. The second-order valence-corrected chi connectivity index (χ2v) is 4.50. The van der Waals surface area contributed by atoms with E-state index in [1.54, 1.807) is 6.92 Å². The highest BCUT2D eigenvalue weighted by molar-refractivity contribution is 7.93. The highest BCUT2D eigenvalue weighted by Crippen LogP contribution is 2.18. The van der Waals surface area contributed by atoms with E-state index in [0.29, 0.717) is 5.75 Å².